The molecule has 0 unspecified atom stereocenters. The average Bonchev–Trinajstić information content (AvgIpc) is 2.33. The molecule has 0 spiro atoms. The quantitative estimate of drug-likeness (QED) is 0.849. The zero-order chi connectivity index (χ0) is 13.8. The van der Waals surface area contributed by atoms with Gasteiger partial charge in [-0.2, -0.15) is 0 Å². The monoisotopic (exact) mass is 261 g/mol. The molecule has 4 heteroatoms. The van der Waals surface area contributed by atoms with Gasteiger partial charge in [0, 0.05) is 23.9 Å². The van der Waals surface area contributed by atoms with Gasteiger partial charge in [-0.25, -0.2) is 4.39 Å². The maximum Gasteiger partial charge on any atom is 0.133 e. The molecule has 0 aromatic heterocycles. The first kappa shape index (κ1) is 13.2. The van der Waals surface area contributed by atoms with Crippen molar-refractivity contribution in [2.75, 3.05) is 12.3 Å². The van der Waals surface area contributed by atoms with Crippen LogP contribution in [0.25, 0.3) is 0 Å². The van der Waals surface area contributed by atoms with Gasteiger partial charge in [0.1, 0.15) is 23.1 Å². The molecule has 0 aliphatic carbocycles. The van der Waals surface area contributed by atoms with Crippen LogP contribution in [0, 0.1) is 12.7 Å². The average molecular weight is 261 g/mol. The van der Waals surface area contributed by atoms with Gasteiger partial charge in [0.2, 0.25) is 0 Å². The van der Waals surface area contributed by atoms with Gasteiger partial charge in [-0.15, -0.1) is 0 Å². The lowest BCUT2D eigenvalue weighted by Gasteiger charge is -2.10. The zero-order valence-electron chi connectivity index (χ0n) is 10.9. The zero-order valence-corrected chi connectivity index (χ0v) is 10.9. The Hall–Kier alpha value is -2.23. The maximum atomic E-state index is 13.2. The summed E-state index contributed by atoms with van der Waals surface area (Å²) in [6.45, 7) is 4.14. The van der Waals surface area contributed by atoms with E-state index >= 15 is 0 Å². The molecule has 2 aromatic rings. The van der Waals surface area contributed by atoms with E-state index in [-0.39, 0.29) is 5.82 Å². The largest absolute Gasteiger partial charge is 0.494 e. The van der Waals surface area contributed by atoms with Crippen molar-refractivity contribution >= 4 is 5.69 Å². The topological polar surface area (TPSA) is 44.5 Å². The van der Waals surface area contributed by atoms with Crippen molar-refractivity contribution in [1.29, 1.82) is 0 Å². The van der Waals surface area contributed by atoms with Gasteiger partial charge in [-0.3, -0.25) is 0 Å². The second kappa shape index (κ2) is 5.61. The van der Waals surface area contributed by atoms with Crippen LogP contribution in [0.4, 0.5) is 10.1 Å². The third-order valence-electron chi connectivity index (χ3n) is 2.58. The first-order valence-corrected chi connectivity index (χ1v) is 6.06. The number of ether oxygens (including phenoxy) is 2. The number of aryl methyl sites for hydroxylation is 1. The van der Waals surface area contributed by atoms with E-state index in [1.807, 2.05) is 6.92 Å². The summed E-state index contributed by atoms with van der Waals surface area (Å²) in [4.78, 5) is 0. The number of halogens is 1. The first-order chi connectivity index (χ1) is 9.08. The molecule has 2 N–H and O–H groups in total. The van der Waals surface area contributed by atoms with Crippen LogP contribution in [0.2, 0.25) is 0 Å². The van der Waals surface area contributed by atoms with Crippen molar-refractivity contribution in [1.82, 2.24) is 0 Å². The molecule has 0 fully saturated rings. The summed E-state index contributed by atoms with van der Waals surface area (Å²) in [6.07, 6.45) is 0. The number of anilines is 1. The molecular weight excluding hydrogens is 245 g/mol. The van der Waals surface area contributed by atoms with Gasteiger partial charge in [0.25, 0.3) is 0 Å². The smallest absolute Gasteiger partial charge is 0.133 e. The summed E-state index contributed by atoms with van der Waals surface area (Å²) in [7, 11) is 0. The van der Waals surface area contributed by atoms with Crippen LogP contribution in [-0.4, -0.2) is 6.61 Å². The van der Waals surface area contributed by atoms with E-state index in [9.17, 15) is 4.39 Å². The highest BCUT2D eigenvalue weighted by Gasteiger charge is 2.04. The van der Waals surface area contributed by atoms with Crippen molar-refractivity contribution in [3.8, 4) is 17.2 Å². The molecule has 19 heavy (non-hydrogen) atoms. The van der Waals surface area contributed by atoms with Crippen LogP contribution in [0.1, 0.15) is 12.5 Å². The highest BCUT2D eigenvalue weighted by Crippen LogP contribution is 2.29. The predicted octanol–water partition coefficient (Wildman–Crippen LogP) is 3.91. The van der Waals surface area contributed by atoms with Gasteiger partial charge in [0.05, 0.1) is 6.61 Å². The Bertz CT molecular complexity index is 584. The van der Waals surface area contributed by atoms with E-state index in [1.54, 1.807) is 37.3 Å². The highest BCUT2D eigenvalue weighted by atomic mass is 19.1. The minimum atomic E-state index is -0.255. The normalized spacial score (nSPS) is 10.3. The molecule has 0 radical (unpaired) electrons. The Kier molecular flexibility index (Phi) is 3.90. The number of nitrogens with two attached hydrogens (primary N) is 1. The fraction of sp³-hybridized carbons (Fsp3) is 0.200. The minimum absolute atomic E-state index is 0.255. The summed E-state index contributed by atoms with van der Waals surface area (Å²) in [6, 6.07) is 9.76. The van der Waals surface area contributed by atoms with E-state index in [0.717, 1.165) is 0 Å². The first-order valence-electron chi connectivity index (χ1n) is 6.06. The third kappa shape index (κ3) is 3.37. The van der Waals surface area contributed by atoms with Crippen molar-refractivity contribution < 1.29 is 13.9 Å². The van der Waals surface area contributed by atoms with Crippen molar-refractivity contribution in [2.24, 2.45) is 0 Å². The van der Waals surface area contributed by atoms with E-state index < -0.39 is 0 Å². The molecule has 2 aromatic carbocycles. The van der Waals surface area contributed by atoms with Gasteiger partial charge in [0.15, 0.2) is 0 Å². The Morgan fingerprint density at radius 1 is 1.05 bits per heavy atom. The standard InChI is InChI=1S/C15H16FNO2/c1-3-18-13-7-11(17)8-14(9-13)19-12-4-5-15(16)10(2)6-12/h4-9H,3,17H2,1-2H3. The number of benzene rings is 2. The van der Waals surface area contributed by atoms with Gasteiger partial charge in [-0.1, -0.05) is 0 Å². The molecule has 2 rings (SSSR count). The predicted molar refractivity (Wildman–Crippen MR) is 73.2 cm³/mol. The molecular formula is C15H16FNO2. The summed E-state index contributed by atoms with van der Waals surface area (Å²) >= 11 is 0. The highest BCUT2D eigenvalue weighted by molar-refractivity contribution is 5.51. The van der Waals surface area contributed by atoms with Crippen LogP contribution in [0.5, 0.6) is 17.2 Å². The van der Waals surface area contributed by atoms with Crippen LogP contribution in [0.3, 0.4) is 0 Å². The van der Waals surface area contributed by atoms with Crippen molar-refractivity contribution in [3.63, 3.8) is 0 Å². The number of hydrogen-bond donors (Lipinski definition) is 1. The summed E-state index contributed by atoms with van der Waals surface area (Å²) in [5.41, 5.74) is 6.87. The number of nitrogen functional groups attached to an aromatic ring is 1. The van der Waals surface area contributed by atoms with Gasteiger partial charge >= 0.3 is 0 Å². The van der Waals surface area contributed by atoms with E-state index in [1.165, 1.54) is 6.07 Å². The van der Waals surface area contributed by atoms with Crippen LogP contribution in [0.15, 0.2) is 36.4 Å². The van der Waals surface area contributed by atoms with E-state index in [0.29, 0.717) is 35.1 Å². The minimum Gasteiger partial charge on any atom is -0.494 e. The SMILES string of the molecule is CCOc1cc(N)cc(Oc2ccc(F)c(C)c2)c1. The van der Waals surface area contributed by atoms with Crippen molar-refractivity contribution in [2.45, 2.75) is 13.8 Å². The Morgan fingerprint density at radius 2 is 1.79 bits per heavy atom. The Labute approximate surface area is 111 Å². The second-order valence-electron chi connectivity index (χ2n) is 4.18. The molecule has 3 nitrogen and oxygen atoms in total. The molecule has 0 aliphatic rings. The lowest BCUT2D eigenvalue weighted by atomic mass is 10.2. The lowest BCUT2D eigenvalue weighted by Crippen LogP contribution is -1.95. The second-order valence-corrected chi connectivity index (χ2v) is 4.18. The molecule has 0 aliphatic heterocycles. The molecule has 0 saturated carbocycles. The summed E-state index contributed by atoms with van der Waals surface area (Å²) in [5.74, 6) is 1.52. The third-order valence-corrected chi connectivity index (χ3v) is 2.58. The summed E-state index contributed by atoms with van der Waals surface area (Å²) in [5, 5.41) is 0. The fourth-order valence-corrected chi connectivity index (χ4v) is 1.72. The van der Waals surface area contributed by atoms with E-state index in [4.69, 9.17) is 15.2 Å². The van der Waals surface area contributed by atoms with Crippen molar-refractivity contribution in [3.05, 3.63) is 47.8 Å². The molecule has 0 amide bonds. The summed E-state index contributed by atoms with van der Waals surface area (Å²) < 4.78 is 24.2. The molecule has 0 heterocycles. The van der Waals surface area contributed by atoms with Gasteiger partial charge < -0.3 is 15.2 Å². The van der Waals surface area contributed by atoms with E-state index in [2.05, 4.69) is 0 Å². The number of rotatable bonds is 4. The molecule has 0 saturated heterocycles. The van der Waals surface area contributed by atoms with Crippen LogP contribution in [-0.2, 0) is 0 Å². The Balaban J connectivity index is 2.24. The molecule has 0 bridgehead atoms. The molecule has 100 valence electrons. The Morgan fingerprint density at radius 3 is 2.47 bits per heavy atom. The molecule has 0 atom stereocenters. The lowest BCUT2D eigenvalue weighted by molar-refractivity contribution is 0.338. The van der Waals surface area contributed by atoms with Crippen LogP contribution < -0.4 is 15.2 Å². The number of hydrogen-bond acceptors (Lipinski definition) is 3. The van der Waals surface area contributed by atoms with Gasteiger partial charge in [-0.05, 0) is 37.6 Å². The van der Waals surface area contributed by atoms with Crippen LogP contribution >= 0.6 is 0 Å². The maximum absolute atomic E-state index is 13.2. The fourth-order valence-electron chi connectivity index (χ4n) is 1.72.